The van der Waals surface area contributed by atoms with E-state index in [-0.39, 0.29) is 6.04 Å². The smallest absolute Gasteiger partial charge is 0.120 e. The van der Waals surface area contributed by atoms with Crippen molar-refractivity contribution < 1.29 is 4.74 Å². The normalized spacial score (nSPS) is 12.2. The van der Waals surface area contributed by atoms with E-state index in [1.165, 1.54) is 11.1 Å². The molecule has 106 valence electrons. The summed E-state index contributed by atoms with van der Waals surface area (Å²) in [5, 5.41) is 0.659. The van der Waals surface area contributed by atoms with Gasteiger partial charge in [-0.25, -0.2) is 5.43 Å². The van der Waals surface area contributed by atoms with Gasteiger partial charge in [0.15, 0.2) is 0 Å². The Morgan fingerprint density at radius 3 is 2.65 bits per heavy atom. The van der Waals surface area contributed by atoms with Crippen molar-refractivity contribution in [3.05, 3.63) is 64.2 Å². The Labute approximate surface area is 124 Å². The van der Waals surface area contributed by atoms with Crippen molar-refractivity contribution in [1.82, 2.24) is 5.43 Å². The van der Waals surface area contributed by atoms with Gasteiger partial charge in [-0.1, -0.05) is 41.4 Å². The van der Waals surface area contributed by atoms with Gasteiger partial charge in [-0.15, -0.1) is 0 Å². The average Bonchev–Trinajstić information content (AvgIpc) is 2.41. The van der Waals surface area contributed by atoms with Crippen LogP contribution < -0.4 is 16.0 Å². The SMILES string of the molecule is Cc1ccc(C(COc2cccc(Cl)c2)NN)c(C)c1. The van der Waals surface area contributed by atoms with E-state index in [9.17, 15) is 0 Å². The number of nitrogens with one attached hydrogen (secondary N) is 1. The minimum Gasteiger partial charge on any atom is -0.492 e. The minimum absolute atomic E-state index is 0.0606. The predicted octanol–water partition coefficient (Wildman–Crippen LogP) is 3.54. The fourth-order valence-electron chi connectivity index (χ4n) is 2.18. The number of nitrogens with two attached hydrogens (primary N) is 1. The lowest BCUT2D eigenvalue weighted by Crippen LogP contribution is -2.32. The van der Waals surface area contributed by atoms with Gasteiger partial charge in [0.2, 0.25) is 0 Å². The molecule has 0 fully saturated rings. The maximum atomic E-state index is 5.93. The first kappa shape index (κ1) is 14.9. The fraction of sp³-hybridized carbons (Fsp3) is 0.250. The van der Waals surface area contributed by atoms with Gasteiger partial charge in [0.25, 0.3) is 0 Å². The van der Waals surface area contributed by atoms with E-state index in [0.717, 1.165) is 11.3 Å². The van der Waals surface area contributed by atoms with Crippen LogP contribution in [0.4, 0.5) is 0 Å². The molecule has 2 rings (SSSR count). The molecular formula is C16H19ClN2O. The van der Waals surface area contributed by atoms with Gasteiger partial charge < -0.3 is 4.74 Å². The molecule has 0 amide bonds. The van der Waals surface area contributed by atoms with Crippen molar-refractivity contribution in [1.29, 1.82) is 0 Å². The predicted molar refractivity (Wildman–Crippen MR) is 82.9 cm³/mol. The van der Waals surface area contributed by atoms with E-state index >= 15 is 0 Å². The fourth-order valence-corrected chi connectivity index (χ4v) is 2.36. The van der Waals surface area contributed by atoms with Gasteiger partial charge in [0.1, 0.15) is 12.4 Å². The second kappa shape index (κ2) is 6.75. The lowest BCUT2D eigenvalue weighted by atomic mass is 10.00. The van der Waals surface area contributed by atoms with E-state index in [1.807, 2.05) is 18.2 Å². The maximum Gasteiger partial charge on any atom is 0.120 e. The average molecular weight is 291 g/mol. The van der Waals surface area contributed by atoms with Crippen LogP contribution in [0.3, 0.4) is 0 Å². The zero-order valence-electron chi connectivity index (χ0n) is 11.7. The van der Waals surface area contributed by atoms with Gasteiger partial charge in [-0.05, 0) is 43.2 Å². The zero-order valence-corrected chi connectivity index (χ0v) is 12.4. The third-order valence-corrected chi connectivity index (χ3v) is 3.45. The number of ether oxygens (including phenoxy) is 1. The van der Waals surface area contributed by atoms with Crippen LogP contribution in [0.2, 0.25) is 5.02 Å². The molecule has 0 radical (unpaired) electrons. The Bertz CT molecular complexity index is 586. The number of hydrogen-bond acceptors (Lipinski definition) is 3. The second-order valence-electron chi connectivity index (χ2n) is 4.85. The van der Waals surface area contributed by atoms with Crippen LogP contribution in [0.5, 0.6) is 5.75 Å². The summed E-state index contributed by atoms with van der Waals surface area (Å²) < 4.78 is 5.75. The summed E-state index contributed by atoms with van der Waals surface area (Å²) in [4.78, 5) is 0. The largest absolute Gasteiger partial charge is 0.492 e. The monoisotopic (exact) mass is 290 g/mol. The molecule has 3 N–H and O–H groups in total. The second-order valence-corrected chi connectivity index (χ2v) is 5.28. The Balaban J connectivity index is 2.09. The Morgan fingerprint density at radius 2 is 2.00 bits per heavy atom. The standard InChI is InChI=1S/C16H19ClN2O/c1-11-6-7-15(12(2)8-11)16(19-18)10-20-14-5-3-4-13(17)9-14/h3-9,16,19H,10,18H2,1-2H3. The number of aryl methyl sites for hydroxylation is 2. The van der Waals surface area contributed by atoms with Crippen LogP contribution in [-0.2, 0) is 0 Å². The summed E-state index contributed by atoms with van der Waals surface area (Å²) in [6.07, 6.45) is 0. The lowest BCUT2D eigenvalue weighted by molar-refractivity contribution is 0.267. The van der Waals surface area contributed by atoms with Gasteiger partial charge in [0.05, 0.1) is 6.04 Å². The maximum absolute atomic E-state index is 5.93. The summed E-state index contributed by atoms with van der Waals surface area (Å²) in [5.41, 5.74) is 6.38. The molecule has 1 unspecified atom stereocenters. The van der Waals surface area contributed by atoms with E-state index in [1.54, 1.807) is 6.07 Å². The van der Waals surface area contributed by atoms with Gasteiger partial charge in [-0.3, -0.25) is 5.84 Å². The molecule has 0 heterocycles. The molecule has 4 heteroatoms. The zero-order chi connectivity index (χ0) is 14.5. The summed E-state index contributed by atoms with van der Waals surface area (Å²) in [7, 11) is 0. The number of rotatable bonds is 5. The molecule has 1 atom stereocenters. The molecule has 0 saturated carbocycles. The Morgan fingerprint density at radius 1 is 1.20 bits per heavy atom. The molecule has 2 aromatic carbocycles. The number of halogens is 1. The first-order chi connectivity index (χ1) is 9.60. The highest BCUT2D eigenvalue weighted by atomic mass is 35.5. The lowest BCUT2D eigenvalue weighted by Gasteiger charge is -2.19. The van der Waals surface area contributed by atoms with Gasteiger partial charge in [0, 0.05) is 5.02 Å². The molecule has 2 aromatic rings. The highest BCUT2D eigenvalue weighted by molar-refractivity contribution is 6.30. The van der Waals surface area contributed by atoms with Crippen molar-refractivity contribution in [2.45, 2.75) is 19.9 Å². The topological polar surface area (TPSA) is 47.3 Å². The van der Waals surface area contributed by atoms with Crippen molar-refractivity contribution in [3.63, 3.8) is 0 Å². The number of benzene rings is 2. The van der Waals surface area contributed by atoms with E-state index in [2.05, 4.69) is 37.5 Å². The molecule has 0 bridgehead atoms. The minimum atomic E-state index is -0.0606. The first-order valence-corrected chi connectivity index (χ1v) is 6.89. The van der Waals surface area contributed by atoms with Crippen LogP contribution >= 0.6 is 11.6 Å². The van der Waals surface area contributed by atoms with E-state index in [4.69, 9.17) is 22.2 Å². The molecule has 0 aromatic heterocycles. The summed E-state index contributed by atoms with van der Waals surface area (Å²) >= 11 is 5.93. The van der Waals surface area contributed by atoms with Crippen molar-refractivity contribution >= 4 is 11.6 Å². The van der Waals surface area contributed by atoms with Crippen LogP contribution in [0.1, 0.15) is 22.7 Å². The molecule has 3 nitrogen and oxygen atoms in total. The molecule has 0 aliphatic heterocycles. The highest BCUT2D eigenvalue weighted by Crippen LogP contribution is 2.22. The quantitative estimate of drug-likeness (QED) is 0.654. The number of hydrazine groups is 1. The third kappa shape index (κ3) is 3.73. The molecule has 0 spiro atoms. The van der Waals surface area contributed by atoms with E-state index in [0.29, 0.717) is 11.6 Å². The highest BCUT2D eigenvalue weighted by Gasteiger charge is 2.13. The third-order valence-electron chi connectivity index (χ3n) is 3.21. The summed E-state index contributed by atoms with van der Waals surface area (Å²) in [5.74, 6) is 6.39. The van der Waals surface area contributed by atoms with Gasteiger partial charge >= 0.3 is 0 Å². The molecule has 0 aliphatic carbocycles. The van der Waals surface area contributed by atoms with Gasteiger partial charge in [-0.2, -0.15) is 0 Å². The first-order valence-electron chi connectivity index (χ1n) is 6.52. The molecule has 0 saturated heterocycles. The Kier molecular flexibility index (Phi) is 5.01. The van der Waals surface area contributed by atoms with E-state index < -0.39 is 0 Å². The summed E-state index contributed by atoms with van der Waals surface area (Å²) in [6.45, 7) is 4.59. The van der Waals surface area contributed by atoms with Crippen molar-refractivity contribution in [2.75, 3.05) is 6.61 Å². The van der Waals surface area contributed by atoms with Crippen LogP contribution in [0.25, 0.3) is 0 Å². The molecular weight excluding hydrogens is 272 g/mol. The van der Waals surface area contributed by atoms with Crippen LogP contribution in [0.15, 0.2) is 42.5 Å². The number of hydrogen-bond donors (Lipinski definition) is 2. The van der Waals surface area contributed by atoms with Crippen molar-refractivity contribution in [3.8, 4) is 5.75 Å². The molecule has 0 aliphatic rings. The molecule has 20 heavy (non-hydrogen) atoms. The Hall–Kier alpha value is -1.55. The van der Waals surface area contributed by atoms with Crippen LogP contribution in [-0.4, -0.2) is 6.61 Å². The summed E-state index contributed by atoms with van der Waals surface area (Å²) in [6, 6.07) is 13.6. The van der Waals surface area contributed by atoms with Crippen LogP contribution in [0, 0.1) is 13.8 Å². The van der Waals surface area contributed by atoms with Crippen molar-refractivity contribution in [2.24, 2.45) is 5.84 Å².